The van der Waals surface area contributed by atoms with Crippen LogP contribution in [0.3, 0.4) is 0 Å². The molecule has 2 aliphatic heterocycles. The normalized spacial score (nSPS) is 17.4. The first-order valence-electron chi connectivity index (χ1n) is 9.24. The minimum Gasteiger partial charge on any atom is -0.366 e. The largest absolute Gasteiger partial charge is 0.366 e. The molecule has 2 bridgehead atoms. The highest BCUT2D eigenvalue weighted by Gasteiger charge is 2.40. The molecular weight excluding hydrogens is 354 g/mol. The van der Waals surface area contributed by atoms with Gasteiger partial charge in [-0.1, -0.05) is 0 Å². The van der Waals surface area contributed by atoms with Gasteiger partial charge in [0.2, 0.25) is 0 Å². The Labute approximate surface area is 162 Å². The molecule has 8 nitrogen and oxygen atoms in total. The van der Waals surface area contributed by atoms with Gasteiger partial charge in [0, 0.05) is 42.9 Å². The molecule has 1 saturated heterocycles. The molecule has 5 rings (SSSR count). The SMILES string of the molecule is Cc1ccc(-c2ccc3c(n2)N(C(=O)Nc2cnccn2)[C@H]2CCN3C2)cn1. The number of urea groups is 1. The summed E-state index contributed by atoms with van der Waals surface area (Å²) >= 11 is 0. The number of fused-ring (bicyclic) bond motifs is 4. The third-order valence-corrected chi connectivity index (χ3v) is 5.18. The molecule has 3 aromatic heterocycles. The van der Waals surface area contributed by atoms with Crippen molar-refractivity contribution < 1.29 is 4.79 Å². The Morgan fingerprint density at radius 2 is 2.07 bits per heavy atom. The molecular formula is C20H19N7O. The highest BCUT2D eigenvalue weighted by atomic mass is 16.2. The van der Waals surface area contributed by atoms with Crippen molar-refractivity contribution in [2.45, 2.75) is 19.4 Å². The van der Waals surface area contributed by atoms with Crippen molar-refractivity contribution in [3.05, 3.63) is 54.7 Å². The van der Waals surface area contributed by atoms with Crippen molar-refractivity contribution >= 4 is 23.4 Å². The van der Waals surface area contributed by atoms with E-state index in [1.54, 1.807) is 17.3 Å². The maximum absolute atomic E-state index is 13.1. The Morgan fingerprint density at radius 3 is 2.86 bits per heavy atom. The lowest BCUT2D eigenvalue weighted by Gasteiger charge is -2.35. The summed E-state index contributed by atoms with van der Waals surface area (Å²) in [5.74, 6) is 1.10. The van der Waals surface area contributed by atoms with Crippen LogP contribution in [-0.4, -0.2) is 45.1 Å². The van der Waals surface area contributed by atoms with Crippen molar-refractivity contribution in [2.24, 2.45) is 0 Å². The van der Waals surface area contributed by atoms with Gasteiger partial charge < -0.3 is 4.90 Å². The number of nitrogens with zero attached hydrogens (tertiary/aromatic N) is 6. The fourth-order valence-electron chi connectivity index (χ4n) is 3.78. The monoisotopic (exact) mass is 373 g/mol. The van der Waals surface area contributed by atoms with Crippen LogP contribution in [0.4, 0.5) is 22.1 Å². The standard InChI is InChI=1S/C20H19N7O/c1-13-2-3-14(10-23-13)16-4-5-17-19(24-16)27(15-6-9-26(17)12-15)20(28)25-18-11-21-7-8-22-18/h2-5,7-8,10-11,15H,6,9,12H2,1H3,(H,22,25,28)/t15-/m0/s1. The van der Waals surface area contributed by atoms with E-state index in [0.29, 0.717) is 11.6 Å². The second-order valence-electron chi connectivity index (χ2n) is 7.01. The van der Waals surface area contributed by atoms with E-state index in [9.17, 15) is 4.79 Å². The van der Waals surface area contributed by atoms with Gasteiger partial charge in [-0.2, -0.15) is 0 Å². The van der Waals surface area contributed by atoms with Crippen LogP contribution in [0, 0.1) is 6.92 Å². The summed E-state index contributed by atoms with van der Waals surface area (Å²) in [7, 11) is 0. The first kappa shape index (κ1) is 16.6. The third-order valence-electron chi connectivity index (χ3n) is 5.18. The van der Waals surface area contributed by atoms with Crippen LogP contribution in [0.5, 0.6) is 0 Å². The van der Waals surface area contributed by atoms with Crippen molar-refractivity contribution in [1.29, 1.82) is 0 Å². The average Bonchev–Trinajstić information content (AvgIpc) is 3.13. The topological polar surface area (TPSA) is 87.1 Å². The number of carbonyl (C=O) groups excluding carboxylic acids is 1. The second-order valence-corrected chi connectivity index (χ2v) is 7.01. The number of carbonyl (C=O) groups is 1. The molecule has 140 valence electrons. The van der Waals surface area contributed by atoms with E-state index in [1.165, 1.54) is 6.20 Å². The predicted molar refractivity (Wildman–Crippen MR) is 106 cm³/mol. The molecule has 8 heteroatoms. The lowest BCUT2D eigenvalue weighted by Crippen LogP contribution is -2.48. The maximum atomic E-state index is 13.1. The van der Waals surface area contributed by atoms with E-state index in [2.05, 4.69) is 25.2 Å². The number of amides is 2. The van der Waals surface area contributed by atoms with Crippen molar-refractivity contribution in [2.75, 3.05) is 28.2 Å². The van der Waals surface area contributed by atoms with Crippen molar-refractivity contribution in [1.82, 2.24) is 19.9 Å². The van der Waals surface area contributed by atoms with Gasteiger partial charge in [0.1, 0.15) is 0 Å². The van der Waals surface area contributed by atoms with Crippen LogP contribution in [0.25, 0.3) is 11.3 Å². The molecule has 1 atom stereocenters. The van der Waals surface area contributed by atoms with E-state index >= 15 is 0 Å². The van der Waals surface area contributed by atoms with Crippen LogP contribution in [0.15, 0.2) is 49.1 Å². The zero-order chi connectivity index (χ0) is 19.1. The van der Waals surface area contributed by atoms with Gasteiger partial charge >= 0.3 is 6.03 Å². The minimum absolute atomic E-state index is 0.0862. The molecule has 5 heterocycles. The van der Waals surface area contributed by atoms with Crippen molar-refractivity contribution in [3.8, 4) is 11.3 Å². The molecule has 28 heavy (non-hydrogen) atoms. The van der Waals surface area contributed by atoms with E-state index in [-0.39, 0.29) is 12.1 Å². The number of anilines is 3. The summed E-state index contributed by atoms with van der Waals surface area (Å²) < 4.78 is 0. The zero-order valence-electron chi connectivity index (χ0n) is 15.4. The molecule has 0 aromatic carbocycles. The number of aryl methyl sites for hydroxylation is 1. The van der Waals surface area contributed by atoms with Gasteiger partial charge in [-0.25, -0.2) is 14.8 Å². The van der Waals surface area contributed by atoms with Crippen LogP contribution in [-0.2, 0) is 0 Å². The lowest BCUT2D eigenvalue weighted by atomic mass is 10.1. The van der Waals surface area contributed by atoms with Gasteiger partial charge in [-0.05, 0) is 37.6 Å². The van der Waals surface area contributed by atoms with E-state index in [0.717, 1.165) is 42.1 Å². The average molecular weight is 373 g/mol. The first-order chi connectivity index (χ1) is 13.7. The fourth-order valence-corrected chi connectivity index (χ4v) is 3.78. The molecule has 1 fully saturated rings. The van der Waals surface area contributed by atoms with Gasteiger partial charge in [-0.15, -0.1) is 0 Å². The van der Waals surface area contributed by atoms with Crippen LogP contribution in [0.1, 0.15) is 12.1 Å². The second kappa shape index (κ2) is 6.56. The van der Waals surface area contributed by atoms with Gasteiger partial charge in [0.15, 0.2) is 11.6 Å². The molecule has 2 amide bonds. The summed E-state index contributed by atoms with van der Waals surface area (Å²) in [5, 5.41) is 2.84. The summed E-state index contributed by atoms with van der Waals surface area (Å²) in [6, 6.07) is 7.84. The van der Waals surface area contributed by atoms with Crippen LogP contribution in [0.2, 0.25) is 0 Å². The predicted octanol–water partition coefficient (Wildman–Crippen LogP) is 2.87. The smallest absolute Gasteiger partial charge is 0.329 e. The number of hydrogen-bond acceptors (Lipinski definition) is 6. The Hall–Kier alpha value is -3.55. The maximum Gasteiger partial charge on any atom is 0.329 e. The number of aromatic nitrogens is 4. The molecule has 0 unspecified atom stereocenters. The van der Waals surface area contributed by atoms with Gasteiger partial charge in [0.05, 0.1) is 23.6 Å². The Kier molecular flexibility index (Phi) is 3.89. The van der Waals surface area contributed by atoms with Crippen LogP contribution >= 0.6 is 0 Å². The Bertz CT molecular complexity index is 1020. The summed E-state index contributed by atoms with van der Waals surface area (Å²) in [6.07, 6.45) is 7.38. The number of rotatable bonds is 2. The molecule has 1 N–H and O–H groups in total. The Morgan fingerprint density at radius 1 is 1.14 bits per heavy atom. The minimum atomic E-state index is -0.236. The lowest BCUT2D eigenvalue weighted by molar-refractivity contribution is 0.254. The molecule has 2 aliphatic rings. The molecule has 0 radical (unpaired) electrons. The van der Waals surface area contributed by atoms with Crippen LogP contribution < -0.4 is 15.1 Å². The Balaban J connectivity index is 1.53. The summed E-state index contributed by atoms with van der Waals surface area (Å²) in [6.45, 7) is 3.68. The summed E-state index contributed by atoms with van der Waals surface area (Å²) in [5.41, 5.74) is 3.66. The van der Waals surface area contributed by atoms with Gasteiger partial charge in [-0.3, -0.25) is 20.2 Å². The molecule has 0 aliphatic carbocycles. The highest BCUT2D eigenvalue weighted by Crippen LogP contribution is 2.40. The quantitative estimate of drug-likeness (QED) is 0.743. The number of hydrogen-bond donors (Lipinski definition) is 1. The molecule has 3 aromatic rings. The number of pyridine rings is 2. The van der Waals surface area contributed by atoms with E-state index < -0.39 is 0 Å². The molecule has 0 saturated carbocycles. The molecule has 0 spiro atoms. The third kappa shape index (κ3) is 2.83. The van der Waals surface area contributed by atoms with Crippen molar-refractivity contribution in [3.63, 3.8) is 0 Å². The first-order valence-corrected chi connectivity index (χ1v) is 9.24. The number of nitrogens with one attached hydrogen (secondary N) is 1. The summed E-state index contributed by atoms with van der Waals surface area (Å²) in [4.78, 5) is 34.5. The zero-order valence-corrected chi connectivity index (χ0v) is 15.4. The fraction of sp³-hybridized carbons (Fsp3) is 0.250. The van der Waals surface area contributed by atoms with Gasteiger partial charge in [0.25, 0.3) is 0 Å². The van der Waals surface area contributed by atoms with E-state index in [1.807, 2.05) is 37.4 Å². The van der Waals surface area contributed by atoms with E-state index in [4.69, 9.17) is 4.98 Å². The highest BCUT2D eigenvalue weighted by molar-refractivity contribution is 6.04.